The van der Waals surface area contributed by atoms with Crippen LogP contribution in [0, 0.1) is 23.7 Å². The molecule has 1 aromatic rings. The number of benzene rings is 1. The van der Waals surface area contributed by atoms with Crippen LogP contribution in [-0.4, -0.2) is 17.8 Å². The molecule has 0 heterocycles. The van der Waals surface area contributed by atoms with Crippen LogP contribution in [0.25, 0.3) is 0 Å². The Balaban J connectivity index is 1.69. The molecule has 2 nitrogen and oxygen atoms in total. The summed E-state index contributed by atoms with van der Waals surface area (Å²) in [6, 6.07) is 10.1. The van der Waals surface area contributed by atoms with Gasteiger partial charge in [0.15, 0.2) is 0 Å². The van der Waals surface area contributed by atoms with Gasteiger partial charge in [0.25, 0.3) is 0 Å². The highest BCUT2D eigenvalue weighted by Gasteiger charge is 2.25. The van der Waals surface area contributed by atoms with E-state index in [-0.39, 0.29) is 12.0 Å². The van der Waals surface area contributed by atoms with E-state index in [1.54, 1.807) is 0 Å². The van der Waals surface area contributed by atoms with Gasteiger partial charge in [-0.25, -0.2) is 0 Å². The molecule has 2 rings (SSSR count). The third kappa shape index (κ3) is 5.53. The van der Waals surface area contributed by atoms with E-state index in [4.69, 9.17) is 4.74 Å². The molecule has 0 amide bonds. The first-order valence-electron chi connectivity index (χ1n) is 8.05. The van der Waals surface area contributed by atoms with Gasteiger partial charge in [0.2, 0.25) is 0 Å². The average molecular weight is 286 g/mol. The van der Waals surface area contributed by atoms with Gasteiger partial charge in [0.1, 0.15) is 6.61 Å². The molecule has 1 aliphatic rings. The van der Waals surface area contributed by atoms with Crippen LogP contribution in [0.5, 0.6) is 0 Å². The molecule has 0 unspecified atom stereocenters. The molecule has 0 aliphatic heterocycles. The van der Waals surface area contributed by atoms with Crippen molar-refractivity contribution in [3.63, 3.8) is 0 Å². The minimum absolute atomic E-state index is 0.0356. The largest absolute Gasteiger partial charge is 0.392 e. The van der Waals surface area contributed by atoms with Crippen LogP contribution in [-0.2, 0) is 11.3 Å². The number of ether oxygens (including phenoxy) is 1. The van der Waals surface area contributed by atoms with Gasteiger partial charge < -0.3 is 9.84 Å². The summed E-state index contributed by atoms with van der Waals surface area (Å²) in [7, 11) is 0. The SMILES string of the molecule is C[C@H](C#CCOCc1ccccc1)[C@@H](O)C1CCCCC1. The molecule has 2 heteroatoms. The summed E-state index contributed by atoms with van der Waals surface area (Å²) in [5.41, 5.74) is 1.16. The first-order chi connectivity index (χ1) is 10.3. The highest BCUT2D eigenvalue weighted by Crippen LogP contribution is 2.29. The Kier molecular flexibility index (Phi) is 6.79. The Labute approximate surface area is 128 Å². The standard InChI is InChI=1S/C19H26O2/c1-16(19(20)18-12-6-3-7-13-18)9-8-14-21-15-17-10-4-2-5-11-17/h2,4-5,10-11,16,18-20H,3,6-7,12-15H2,1H3/t16-,19-/m1/s1. The van der Waals surface area contributed by atoms with E-state index in [1.165, 1.54) is 19.3 Å². The van der Waals surface area contributed by atoms with E-state index < -0.39 is 0 Å². The van der Waals surface area contributed by atoms with Crippen molar-refractivity contribution < 1.29 is 9.84 Å². The Morgan fingerprint density at radius 1 is 1.19 bits per heavy atom. The second kappa shape index (κ2) is 8.87. The molecule has 2 atom stereocenters. The number of hydrogen-bond donors (Lipinski definition) is 1. The fourth-order valence-corrected chi connectivity index (χ4v) is 2.97. The van der Waals surface area contributed by atoms with Gasteiger partial charge in [0, 0.05) is 5.92 Å². The zero-order valence-electron chi connectivity index (χ0n) is 12.9. The van der Waals surface area contributed by atoms with E-state index in [9.17, 15) is 5.11 Å². The summed E-state index contributed by atoms with van der Waals surface area (Å²) in [5.74, 6) is 6.66. The molecule has 1 saturated carbocycles. The van der Waals surface area contributed by atoms with Crippen LogP contribution >= 0.6 is 0 Å². The van der Waals surface area contributed by atoms with E-state index in [0.717, 1.165) is 18.4 Å². The minimum Gasteiger partial charge on any atom is -0.392 e. The lowest BCUT2D eigenvalue weighted by Crippen LogP contribution is -2.28. The first-order valence-corrected chi connectivity index (χ1v) is 8.05. The summed E-state index contributed by atoms with van der Waals surface area (Å²) in [4.78, 5) is 0. The third-order valence-corrected chi connectivity index (χ3v) is 4.26. The van der Waals surface area contributed by atoms with Crippen molar-refractivity contribution in [3.8, 4) is 11.8 Å². The summed E-state index contributed by atoms with van der Waals surface area (Å²) in [6.07, 6.45) is 5.84. The predicted molar refractivity (Wildman–Crippen MR) is 85.6 cm³/mol. The van der Waals surface area contributed by atoms with Gasteiger partial charge in [-0.2, -0.15) is 0 Å². The first kappa shape index (κ1) is 16.1. The van der Waals surface area contributed by atoms with Crippen molar-refractivity contribution in [2.45, 2.75) is 51.7 Å². The maximum atomic E-state index is 10.3. The smallest absolute Gasteiger partial charge is 0.108 e. The third-order valence-electron chi connectivity index (χ3n) is 4.26. The second-order valence-electron chi connectivity index (χ2n) is 5.98. The van der Waals surface area contributed by atoms with Crippen molar-refractivity contribution in [3.05, 3.63) is 35.9 Å². The molecule has 21 heavy (non-hydrogen) atoms. The van der Waals surface area contributed by atoms with Gasteiger partial charge in [-0.15, -0.1) is 0 Å². The van der Waals surface area contributed by atoms with Crippen molar-refractivity contribution in [1.82, 2.24) is 0 Å². The van der Waals surface area contributed by atoms with Gasteiger partial charge in [-0.05, 0) is 31.2 Å². The normalized spacial score (nSPS) is 18.6. The quantitative estimate of drug-likeness (QED) is 0.659. The van der Waals surface area contributed by atoms with Crippen molar-refractivity contribution in [1.29, 1.82) is 0 Å². The van der Waals surface area contributed by atoms with E-state index in [1.807, 2.05) is 37.3 Å². The zero-order valence-corrected chi connectivity index (χ0v) is 12.9. The van der Waals surface area contributed by atoms with E-state index >= 15 is 0 Å². The lowest BCUT2D eigenvalue weighted by atomic mass is 9.81. The molecular weight excluding hydrogens is 260 g/mol. The molecule has 1 aromatic carbocycles. The Bertz CT molecular complexity index is 451. The molecule has 114 valence electrons. The molecule has 1 fully saturated rings. The maximum Gasteiger partial charge on any atom is 0.108 e. The molecule has 0 spiro atoms. The number of aliphatic hydroxyl groups is 1. The number of hydrogen-bond acceptors (Lipinski definition) is 2. The highest BCUT2D eigenvalue weighted by atomic mass is 16.5. The Morgan fingerprint density at radius 2 is 1.90 bits per heavy atom. The average Bonchev–Trinajstić information content (AvgIpc) is 2.55. The van der Waals surface area contributed by atoms with Crippen LogP contribution in [0.4, 0.5) is 0 Å². The summed E-state index contributed by atoms with van der Waals surface area (Å²) < 4.78 is 5.54. The summed E-state index contributed by atoms with van der Waals surface area (Å²) >= 11 is 0. The maximum absolute atomic E-state index is 10.3. The van der Waals surface area contributed by atoms with Gasteiger partial charge in [-0.3, -0.25) is 0 Å². The van der Waals surface area contributed by atoms with Crippen LogP contribution in [0.1, 0.15) is 44.6 Å². The van der Waals surface area contributed by atoms with Crippen molar-refractivity contribution in [2.24, 2.45) is 11.8 Å². The molecule has 0 saturated heterocycles. The van der Waals surface area contributed by atoms with E-state index in [2.05, 4.69) is 11.8 Å². The van der Waals surface area contributed by atoms with Crippen LogP contribution < -0.4 is 0 Å². The van der Waals surface area contributed by atoms with E-state index in [0.29, 0.717) is 19.1 Å². The summed E-state index contributed by atoms with van der Waals surface area (Å²) in [6.45, 7) is 3.04. The molecule has 1 aliphatic carbocycles. The topological polar surface area (TPSA) is 29.5 Å². The Morgan fingerprint density at radius 3 is 2.62 bits per heavy atom. The molecule has 0 aromatic heterocycles. The second-order valence-corrected chi connectivity index (χ2v) is 5.98. The Hall–Kier alpha value is -1.30. The fraction of sp³-hybridized carbons (Fsp3) is 0.579. The molecule has 0 radical (unpaired) electrons. The van der Waals surface area contributed by atoms with Gasteiger partial charge >= 0.3 is 0 Å². The number of rotatable bonds is 5. The highest BCUT2D eigenvalue weighted by molar-refractivity contribution is 5.13. The lowest BCUT2D eigenvalue weighted by Gasteiger charge is -2.28. The van der Waals surface area contributed by atoms with Crippen molar-refractivity contribution in [2.75, 3.05) is 6.61 Å². The summed E-state index contributed by atoms with van der Waals surface area (Å²) in [5, 5.41) is 10.3. The predicted octanol–water partition coefficient (Wildman–Crippen LogP) is 3.78. The van der Waals surface area contributed by atoms with Gasteiger partial charge in [0.05, 0.1) is 12.7 Å². The van der Waals surface area contributed by atoms with Crippen molar-refractivity contribution >= 4 is 0 Å². The minimum atomic E-state index is -0.285. The fourth-order valence-electron chi connectivity index (χ4n) is 2.97. The zero-order chi connectivity index (χ0) is 14.9. The number of aliphatic hydroxyl groups excluding tert-OH is 1. The molecule has 1 N–H and O–H groups in total. The van der Waals surface area contributed by atoms with Crippen LogP contribution in [0.2, 0.25) is 0 Å². The molecular formula is C19H26O2. The monoisotopic (exact) mass is 286 g/mol. The van der Waals surface area contributed by atoms with Crippen LogP contribution in [0.3, 0.4) is 0 Å². The van der Waals surface area contributed by atoms with Gasteiger partial charge in [-0.1, -0.05) is 61.4 Å². The molecule has 0 bridgehead atoms. The lowest BCUT2D eigenvalue weighted by molar-refractivity contribution is 0.0584. The van der Waals surface area contributed by atoms with Crippen LogP contribution in [0.15, 0.2) is 30.3 Å².